The van der Waals surface area contributed by atoms with Gasteiger partial charge in [-0.3, -0.25) is 4.99 Å². The van der Waals surface area contributed by atoms with Crippen molar-refractivity contribution in [2.24, 2.45) is 10.9 Å². The Hall–Kier alpha value is -0.350. The summed E-state index contributed by atoms with van der Waals surface area (Å²) in [6.45, 7) is 7.92. The Balaban J connectivity index is 0.00000484. The highest BCUT2D eigenvalue weighted by Gasteiger charge is 2.14. The second-order valence-corrected chi connectivity index (χ2v) is 8.34. The molecule has 23 heavy (non-hydrogen) atoms. The lowest BCUT2D eigenvalue weighted by atomic mass is 10.2. The predicted octanol–water partition coefficient (Wildman–Crippen LogP) is 3.05. The number of hydrogen-bond donors (Lipinski definition) is 2. The van der Waals surface area contributed by atoms with Gasteiger partial charge in [-0.2, -0.15) is 0 Å². The van der Waals surface area contributed by atoms with Crippen molar-refractivity contribution in [3.8, 4) is 0 Å². The van der Waals surface area contributed by atoms with Crippen LogP contribution >= 0.6 is 39.9 Å². The van der Waals surface area contributed by atoms with Crippen molar-refractivity contribution >= 4 is 55.7 Å². The van der Waals surface area contributed by atoms with Gasteiger partial charge in [-0.15, -0.1) is 24.0 Å². The van der Waals surface area contributed by atoms with E-state index in [0.29, 0.717) is 29.9 Å². The van der Waals surface area contributed by atoms with Gasteiger partial charge >= 0.3 is 0 Å². The first-order chi connectivity index (χ1) is 10.3. The van der Waals surface area contributed by atoms with Crippen LogP contribution in [0.2, 0.25) is 0 Å². The van der Waals surface area contributed by atoms with Crippen LogP contribution in [0.5, 0.6) is 0 Å². The van der Waals surface area contributed by atoms with Crippen molar-refractivity contribution in [3.63, 3.8) is 0 Å². The summed E-state index contributed by atoms with van der Waals surface area (Å²) in [4.78, 5) is 4.75. The van der Waals surface area contributed by atoms with E-state index in [4.69, 9.17) is 0 Å². The first kappa shape index (κ1) is 22.6. The Morgan fingerprint density at radius 2 is 1.83 bits per heavy atom. The zero-order valence-electron chi connectivity index (χ0n) is 13.7. The van der Waals surface area contributed by atoms with E-state index >= 15 is 0 Å². The van der Waals surface area contributed by atoms with Crippen LogP contribution in [0.3, 0.4) is 0 Å². The van der Waals surface area contributed by atoms with Gasteiger partial charge in [0.2, 0.25) is 0 Å². The van der Waals surface area contributed by atoms with Crippen LogP contribution in [0.25, 0.3) is 0 Å². The monoisotopic (exact) mass is 517 g/mol. The van der Waals surface area contributed by atoms with Gasteiger partial charge in [0.15, 0.2) is 15.8 Å². The Morgan fingerprint density at radius 3 is 2.35 bits per heavy atom. The highest BCUT2D eigenvalue weighted by Crippen LogP contribution is 2.15. The maximum atomic E-state index is 12.2. The van der Waals surface area contributed by atoms with E-state index in [1.165, 1.54) is 0 Å². The molecule has 0 atom stereocenters. The molecule has 0 saturated heterocycles. The van der Waals surface area contributed by atoms with Gasteiger partial charge in [-0.25, -0.2) is 8.42 Å². The van der Waals surface area contributed by atoms with Gasteiger partial charge < -0.3 is 10.6 Å². The minimum atomic E-state index is -3.29. The molecule has 132 valence electrons. The lowest BCUT2D eigenvalue weighted by molar-refractivity contribution is 0.594. The van der Waals surface area contributed by atoms with Gasteiger partial charge in [0.1, 0.15) is 0 Å². The molecular formula is C15H25BrIN3O2S. The molecule has 0 fully saturated rings. The number of sulfone groups is 1. The normalized spacial score (nSPS) is 12.0. The average Bonchev–Trinajstić information content (AvgIpc) is 2.45. The third-order valence-electron chi connectivity index (χ3n) is 2.79. The molecule has 0 aliphatic carbocycles. The number of aliphatic imine (C=N–C) groups is 1. The zero-order chi connectivity index (χ0) is 16.6. The average molecular weight is 518 g/mol. The summed E-state index contributed by atoms with van der Waals surface area (Å²) in [6, 6.07) is 6.68. The van der Waals surface area contributed by atoms with Gasteiger partial charge in [0, 0.05) is 24.1 Å². The summed E-state index contributed by atoms with van der Waals surface area (Å²) in [5.41, 5.74) is 0. The molecule has 2 N–H and O–H groups in total. The molecule has 8 heteroatoms. The SMILES string of the molecule is CCNC(=NCC(C)C)NCCS(=O)(=O)c1ccc(Br)cc1.I. The minimum Gasteiger partial charge on any atom is -0.357 e. The number of nitrogens with zero attached hydrogens (tertiary/aromatic N) is 1. The van der Waals surface area contributed by atoms with Crippen LogP contribution in [-0.2, 0) is 9.84 Å². The smallest absolute Gasteiger partial charge is 0.191 e. The Kier molecular flexibility index (Phi) is 11.1. The quantitative estimate of drug-likeness (QED) is 0.331. The lowest BCUT2D eigenvalue weighted by Crippen LogP contribution is -2.39. The van der Waals surface area contributed by atoms with Crippen LogP contribution in [0, 0.1) is 5.92 Å². The van der Waals surface area contributed by atoms with E-state index in [1.807, 2.05) is 6.92 Å². The third-order valence-corrected chi connectivity index (χ3v) is 5.06. The number of benzene rings is 1. The van der Waals surface area contributed by atoms with Crippen LogP contribution in [0.15, 0.2) is 38.6 Å². The molecule has 0 heterocycles. The van der Waals surface area contributed by atoms with Crippen LogP contribution < -0.4 is 10.6 Å². The minimum absolute atomic E-state index is 0. The number of halogens is 2. The maximum Gasteiger partial charge on any atom is 0.191 e. The Bertz CT molecular complexity index is 589. The fraction of sp³-hybridized carbons (Fsp3) is 0.533. The van der Waals surface area contributed by atoms with Crippen LogP contribution in [0.4, 0.5) is 0 Å². The largest absolute Gasteiger partial charge is 0.357 e. The van der Waals surface area contributed by atoms with E-state index in [0.717, 1.165) is 11.0 Å². The molecule has 0 radical (unpaired) electrons. The third kappa shape index (κ3) is 8.90. The molecule has 0 spiro atoms. The first-order valence-corrected chi connectivity index (χ1v) is 9.80. The molecule has 5 nitrogen and oxygen atoms in total. The molecule has 1 rings (SSSR count). The van der Waals surface area contributed by atoms with Gasteiger partial charge in [0.05, 0.1) is 10.6 Å². The van der Waals surface area contributed by atoms with Crippen molar-refractivity contribution in [1.82, 2.24) is 10.6 Å². The second kappa shape index (κ2) is 11.2. The maximum absolute atomic E-state index is 12.2. The fourth-order valence-electron chi connectivity index (χ4n) is 1.68. The van der Waals surface area contributed by atoms with Crippen molar-refractivity contribution in [1.29, 1.82) is 0 Å². The highest BCUT2D eigenvalue weighted by molar-refractivity contribution is 14.0. The summed E-state index contributed by atoms with van der Waals surface area (Å²) in [6.07, 6.45) is 0. The van der Waals surface area contributed by atoms with Gasteiger partial charge in [-0.05, 0) is 37.1 Å². The number of guanidine groups is 1. The first-order valence-electron chi connectivity index (χ1n) is 7.35. The number of rotatable bonds is 7. The van der Waals surface area contributed by atoms with E-state index in [9.17, 15) is 8.42 Å². The summed E-state index contributed by atoms with van der Waals surface area (Å²) >= 11 is 3.30. The molecule has 0 bridgehead atoms. The highest BCUT2D eigenvalue weighted by atomic mass is 127. The zero-order valence-corrected chi connectivity index (χ0v) is 18.4. The molecule has 0 aromatic heterocycles. The summed E-state index contributed by atoms with van der Waals surface area (Å²) in [7, 11) is -3.29. The van der Waals surface area contributed by atoms with Gasteiger partial charge in [0.25, 0.3) is 0 Å². The Morgan fingerprint density at radius 1 is 1.22 bits per heavy atom. The standard InChI is InChI=1S/C15H24BrN3O2S.HI/c1-4-17-15(19-11-12(2)3)18-9-10-22(20,21)14-7-5-13(16)6-8-14;/h5-8,12H,4,9-11H2,1-3H3,(H2,17,18,19);1H. The van der Waals surface area contributed by atoms with Crippen LogP contribution in [-0.4, -0.2) is 39.8 Å². The molecule has 0 amide bonds. The van der Waals surface area contributed by atoms with Crippen LogP contribution in [0.1, 0.15) is 20.8 Å². The Labute approximate surface area is 164 Å². The van der Waals surface area contributed by atoms with Crippen molar-refractivity contribution in [2.75, 3.05) is 25.4 Å². The van der Waals surface area contributed by atoms with Crippen molar-refractivity contribution in [2.45, 2.75) is 25.7 Å². The predicted molar refractivity (Wildman–Crippen MR) is 110 cm³/mol. The van der Waals surface area contributed by atoms with E-state index in [1.54, 1.807) is 24.3 Å². The van der Waals surface area contributed by atoms with E-state index in [2.05, 4.69) is 45.4 Å². The second-order valence-electron chi connectivity index (χ2n) is 5.31. The van der Waals surface area contributed by atoms with Gasteiger partial charge in [-0.1, -0.05) is 29.8 Å². The topological polar surface area (TPSA) is 70.6 Å². The summed E-state index contributed by atoms with van der Waals surface area (Å²) in [5, 5.41) is 6.17. The summed E-state index contributed by atoms with van der Waals surface area (Å²) < 4.78 is 25.3. The number of hydrogen-bond acceptors (Lipinski definition) is 3. The molecule has 0 aliphatic rings. The van der Waals surface area contributed by atoms with Crippen molar-refractivity contribution < 1.29 is 8.42 Å². The van der Waals surface area contributed by atoms with E-state index < -0.39 is 9.84 Å². The number of nitrogens with one attached hydrogen (secondary N) is 2. The molecule has 0 unspecified atom stereocenters. The molecule has 0 aliphatic heterocycles. The fourth-order valence-corrected chi connectivity index (χ4v) is 3.10. The lowest BCUT2D eigenvalue weighted by Gasteiger charge is -2.12. The van der Waals surface area contributed by atoms with E-state index in [-0.39, 0.29) is 29.7 Å². The summed E-state index contributed by atoms with van der Waals surface area (Å²) in [5.74, 6) is 1.14. The molecule has 0 saturated carbocycles. The molecule has 1 aromatic rings. The van der Waals surface area contributed by atoms with Crippen molar-refractivity contribution in [3.05, 3.63) is 28.7 Å². The molecule has 1 aromatic carbocycles. The molecular weight excluding hydrogens is 493 g/mol.